The van der Waals surface area contributed by atoms with E-state index in [4.69, 9.17) is 18.9 Å². The SMILES string of the molecule is COc1cc2c3cc(OC)c(OC)cc3c3c[n+]4c(cc3c2cc1OC)CCC4.[Br-]. The van der Waals surface area contributed by atoms with E-state index in [-0.39, 0.29) is 17.0 Å². The molecule has 1 aliphatic rings. The van der Waals surface area contributed by atoms with Crippen LogP contribution in [-0.4, -0.2) is 28.4 Å². The zero-order valence-corrected chi connectivity index (χ0v) is 19.1. The first kappa shape index (κ1) is 20.5. The van der Waals surface area contributed by atoms with Gasteiger partial charge in [-0.2, -0.15) is 0 Å². The summed E-state index contributed by atoms with van der Waals surface area (Å²) in [5, 5.41) is 6.91. The standard InChI is InChI=1S/C24H24NO4.BrH/c1-26-21-9-16-15-8-14-6-5-7-25(14)13-20(15)19-12-24(29-4)23(28-3)11-18(19)17(16)10-22(21)27-2;/h8-13H,5-7H2,1-4H3;1H/q+1;/p-1. The highest BCUT2D eigenvalue weighted by atomic mass is 79.9. The molecule has 2 heterocycles. The number of aryl methyl sites for hydroxylation is 2. The van der Waals surface area contributed by atoms with Gasteiger partial charge in [0.15, 0.2) is 34.9 Å². The molecule has 5 rings (SSSR count). The van der Waals surface area contributed by atoms with Gasteiger partial charge in [0.25, 0.3) is 0 Å². The van der Waals surface area contributed by atoms with Crippen LogP contribution in [0.4, 0.5) is 0 Å². The van der Waals surface area contributed by atoms with Gasteiger partial charge in [0, 0.05) is 29.7 Å². The number of pyridine rings is 1. The second-order valence-electron chi connectivity index (χ2n) is 7.39. The Morgan fingerprint density at radius 1 is 0.600 bits per heavy atom. The van der Waals surface area contributed by atoms with Crippen molar-refractivity contribution in [1.82, 2.24) is 0 Å². The number of fused-ring (bicyclic) bond motifs is 7. The quantitative estimate of drug-likeness (QED) is 0.334. The summed E-state index contributed by atoms with van der Waals surface area (Å²) in [5.74, 6) is 2.89. The number of rotatable bonds is 4. The second kappa shape index (κ2) is 7.84. The lowest BCUT2D eigenvalue weighted by Gasteiger charge is -2.16. The number of methoxy groups -OCH3 is 4. The van der Waals surface area contributed by atoms with Crippen LogP contribution in [0.2, 0.25) is 0 Å². The highest BCUT2D eigenvalue weighted by Gasteiger charge is 2.23. The lowest BCUT2D eigenvalue weighted by Crippen LogP contribution is -3.00. The van der Waals surface area contributed by atoms with Gasteiger partial charge in [0.1, 0.15) is 6.54 Å². The molecular formula is C24H24BrNO4. The van der Waals surface area contributed by atoms with E-state index in [2.05, 4.69) is 41.1 Å². The molecule has 0 bridgehead atoms. The Morgan fingerprint density at radius 2 is 1.00 bits per heavy atom. The maximum absolute atomic E-state index is 5.60. The third kappa shape index (κ3) is 2.93. The Balaban J connectivity index is 0.00000218. The fraction of sp³-hybridized carbons (Fsp3) is 0.292. The van der Waals surface area contributed by atoms with E-state index in [1.54, 1.807) is 28.4 Å². The molecule has 0 fully saturated rings. The summed E-state index contributed by atoms with van der Waals surface area (Å²) in [5.41, 5.74) is 1.37. The molecule has 0 aliphatic carbocycles. The summed E-state index contributed by atoms with van der Waals surface area (Å²) in [6, 6.07) is 10.6. The van der Waals surface area contributed by atoms with Crippen molar-refractivity contribution in [2.24, 2.45) is 0 Å². The first-order valence-corrected chi connectivity index (χ1v) is 9.78. The highest BCUT2D eigenvalue weighted by Crippen LogP contribution is 2.44. The van der Waals surface area contributed by atoms with Gasteiger partial charge in [-0.25, -0.2) is 4.57 Å². The van der Waals surface area contributed by atoms with Crippen LogP contribution in [0.25, 0.3) is 32.3 Å². The molecule has 4 aromatic rings. The normalized spacial score (nSPS) is 12.7. The maximum Gasteiger partial charge on any atom is 0.182 e. The molecule has 0 atom stereocenters. The van der Waals surface area contributed by atoms with Crippen LogP contribution in [0.3, 0.4) is 0 Å². The molecule has 0 radical (unpaired) electrons. The van der Waals surface area contributed by atoms with Gasteiger partial charge in [-0.05, 0) is 40.4 Å². The Bertz CT molecular complexity index is 1190. The van der Waals surface area contributed by atoms with Gasteiger partial charge >= 0.3 is 0 Å². The van der Waals surface area contributed by atoms with Gasteiger partial charge in [-0.15, -0.1) is 0 Å². The summed E-state index contributed by atoms with van der Waals surface area (Å²) in [4.78, 5) is 0. The molecule has 0 saturated heterocycles. The average Bonchev–Trinajstić information content (AvgIpc) is 3.23. The molecule has 1 aliphatic heterocycles. The smallest absolute Gasteiger partial charge is 0.182 e. The predicted molar refractivity (Wildman–Crippen MR) is 114 cm³/mol. The molecule has 1 aromatic heterocycles. The summed E-state index contributed by atoms with van der Waals surface area (Å²) in [6.07, 6.45) is 4.57. The largest absolute Gasteiger partial charge is 1.00 e. The zero-order valence-electron chi connectivity index (χ0n) is 17.5. The van der Waals surface area contributed by atoms with E-state index in [1.807, 2.05) is 0 Å². The van der Waals surface area contributed by atoms with Crippen molar-refractivity contribution in [3.63, 3.8) is 0 Å². The lowest BCUT2D eigenvalue weighted by molar-refractivity contribution is -0.689. The summed E-state index contributed by atoms with van der Waals surface area (Å²) in [7, 11) is 6.68. The molecule has 5 nitrogen and oxygen atoms in total. The van der Waals surface area contributed by atoms with Crippen LogP contribution in [0, 0.1) is 0 Å². The minimum atomic E-state index is 0. The zero-order chi connectivity index (χ0) is 20.1. The van der Waals surface area contributed by atoms with E-state index < -0.39 is 0 Å². The van der Waals surface area contributed by atoms with Crippen LogP contribution < -0.4 is 40.5 Å². The molecule has 0 spiro atoms. The van der Waals surface area contributed by atoms with Crippen molar-refractivity contribution in [3.05, 3.63) is 42.2 Å². The topological polar surface area (TPSA) is 40.8 Å². The van der Waals surface area contributed by atoms with Crippen LogP contribution in [-0.2, 0) is 13.0 Å². The minimum Gasteiger partial charge on any atom is -1.00 e. The van der Waals surface area contributed by atoms with E-state index in [1.165, 1.54) is 22.9 Å². The molecule has 6 heteroatoms. The van der Waals surface area contributed by atoms with Gasteiger partial charge in [-0.1, -0.05) is 0 Å². The molecule has 156 valence electrons. The number of halogens is 1. The Hall–Kier alpha value is -2.73. The van der Waals surface area contributed by atoms with Crippen LogP contribution in [0.5, 0.6) is 23.0 Å². The predicted octanol–water partition coefficient (Wildman–Crippen LogP) is 1.42. The van der Waals surface area contributed by atoms with Crippen molar-refractivity contribution < 1.29 is 40.5 Å². The molecule has 30 heavy (non-hydrogen) atoms. The van der Waals surface area contributed by atoms with Gasteiger partial charge in [-0.3, -0.25) is 0 Å². The number of ether oxygens (including phenoxy) is 4. The number of nitrogens with zero attached hydrogens (tertiary/aromatic N) is 1. The van der Waals surface area contributed by atoms with Gasteiger partial charge in [0.05, 0.1) is 33.8 Å². The first-order chi connectivity index (χ1) is 14.2. The fourth-order valence-electron chi connectivity index (χ4n) is 4.58. The van der Waals surface area contributed by atoms with Gasteiger partial charge < -0.3 is 35.9 Å². The minimum absolute atomic E-state index is 0. The third-order valence-corrected chi connectivity index (χ3v) is 6.00. The molecule has 0 unspecified atom stereocenters. The Morgan fingerprint density at radius 3 is 1.43 bits per heavy atom. The number of benzene rings is 3. The van der Waals surface area contributed by atoms with Crippen molar-refractivity contribution in [1.29, 1.82) is 0 Å². The van der Waals surface area contributed by atoms with Crippen LogP contribution >= 0.6 is 0 Å². The summed E-state index contributed by atoms with van der Waals surface area (Å²) in [6.45, 7) is 1.06. The molecule has 0 amide bonds. The number of aromatic nitrogens is 1. The van der Waals surface area contributed by atoms with Crippen LogP contribution in [0.1, 0.15) is 12.1 Å². The van der Waals surface area contributed by atoms with E-state index in [0.29, 0.717) is 11.5 Å². The molecule has 0 saturated carbocycles. The van der Waals surface area contributed by atoms with E-state index >= 15 is 0 Å². The Labute approximate surface area is 185 Å². The fourth-order valence-corrected chi connectivity index (χ4v) is 4.58. The molecule has 0 N–H and O–H groups in total. The first-order valence-electron chi connectivity index (χ1n) is 9.78. The second-order valence-corrected chi connectivity index (χ2v) is 7.39. The molecular weight excluding hydrogens is 446 g/mol. The summed E-state index contributed by atoms with van der Waals surface area (Å²) >= 11 is 0. The summed E-state index contributed by atoms with van der Waals surface area (Å²) < 4.78 is 24.8. The van der Waals surface area contributed by atoms with Crippen molar-refractivity contribution in [3.8, 4) is 23.0 Å². The van der Waals surface area contributed by atoms with E-state index in [0.717, 1.165) is 46.0 Å². The maximum atomic E-state index is 5.60. The highest BCUT2D eigenvalue weighted by molar-refractivity contribution is 6.26. The monoisotopic (exact) mass is 469 g/mol. The Kier molecular flexibility index (Phi) is 5.36. The van der Waals surface area contributed by atoms with Crippen molar-refractivity contribution in [2.75, 3.05) is 28.4 Å². The van der Waals surface area contributed by atoms with Crippen molar-refractivity contribution >= 4 is 32.3 Å². The number of hydrogen-bond acceptors (Lipinski definition) is 4. The van der Waals surface area contributed by atoms with Gasteiger partial charge in [0.2, 0.25) is 0 Å². The number of hydrogen-bond donors (Lipinski definition) is 0. The molecule has 3 aromatic carbocycles. The third-order valence-electron chi connectivity index (χ3n) is 6.00. The van der Waals surface area contributed by atoms with Crippen LogP contribution in [0.15, 0.2) is 36.5 Å². The average molecular weight is 470 g/mol. The lowest BCUT2D eigenvalue weighted by atomic mass is 9.94. The van der Waals surface area contributed by atoms with Crippen molar-refractivity contribution in [2.45, 2.75) is 19.4 Å². The van der Waals surface area contributed by atoms with E-state index in [9.17, 15) is 0 Å².